The molecule has 0 unspecified atom stereocenters. The van der Waals surface area contributed by atoms with Crippen LogP contribution in [0.1, 0.15) is 49.7 Å². The van der Waals surface area contributed by atoms with E-state index in [1.807, 2.05) is 32.0 Å². The Labute approximate surface area is 139 Å². The molecule has 2 rings (SSSR count). The van der Waals surface area contributed by atoms with Crippen LogP contribution in [-0.2, 0) is 9.53 Å². The summed E-state index contributed by atoms with van der Waals surface area (Å²) in [6.45, 7) is 5.42. The smallest absolute Gasteiger partial charge is 0.257 e. The highest BCUT2D eigenvalue weighted by Crippen LogP contribution is 2.20. The highest BCUT2D eigenvalue weighted by atomic mass is 16.5. The first kappa shape index (κ1) is 17.8. The Kier molecular flexibility index (Phi) is 7.40. The third-order valence-electron chi connectivity index (χ3n) is 4.25. The summed E-state index contributed by atoms with van der Waals surface area (Å²) in [4.78, 5) is 11.8. The molecule has 0 saturated heterocycles. The second kappa shape index (κ2) is 9.56. The van der Waals surface area contributed by atoms with Crippen LogP contribution in [0, 0.1) is 13.8 Å². The Bertz CT molecular complexity index is 495. The summed E-state index contributed by atoms with van der Waals surface area (Å²) >= 11 is 0. The molecule has 1 aromatic carbocycles. The zero-order chi connectivity index (χ0) is 16.5. The summed E-state index contributed by atoms with van der Waals surface area (Å²) in [7, 11) is 0. The van der Waals surface area contributed by atoms with E-state index in [1.165, 1.54) is 32.1 Å². The number of nitrogens with one attached hydrogen (secondary N) is 1. The van der Waals surface area contributed by atoms with Crippen molar-refractivity contribution in [2.45, 2.75) is 58.5 Å². The first-order valence-corrected chi connectivity index (χ1v) is 8.73. The number of hydrogen-bond donors (Lipinski definition) is 1. The second-order valence-electron chi connectivity index (χ2n) is 6.39. The van der Waals surface area contributed by atoms with E-state index in [4.69, 9.17) is 9.47 Å². The van der Waals surface area contributed by atoms with Gasteiger partial charge in [0.25, 0.3) is 5.91 Å². The lowest BCUT2D eigenvalue weighted by Gasteiger charge is -2.21. The van der Waals surface area contributed by atoms with E-state index in [-0.39, 0.29) is 12.5 Å². The molecule has 0 spiro atoms. The number of aryl methyl sites for hydroxylation is 2. The van der Waals surface area contributed by atoms with Gasteiger partial charge in [0.1, 0.15) is 5.75 Å². The zero-order valence-corrected chi connectivity index (χ0v) is 14.4. The van der Waals surface area contributed by atoms with E-state index in [1.54, 1.807) is 0 Å². The third kappa shape index (κ3) is 6.61. The van der Waals surface area contributed by atoms with Crippen LogP contribution < -0.4 is 10.1 Å². The lowest BCUT2D eigenvalue weighted by atomic mass is 9.98. The molecule has 1 aromatic rings. The number of carbonyl (C=O) groups is 1. The van der Waals surface area contributed by atoms with E-state index in [0.29, 0.717) is 12.6 Å². The fraction of sp³-hybridized carbons (Fsp3) is 0.632. The molecule has 23 heavy (non-hydrogen) atoms. The van der Waals surface area contributed by atoms with E-state index < -0.39 is 0 Å². The molecule has 0 radical (unpaired) electrons. The van der Waals surface area contributed by atoms with Crippen molar-refractivity contribution in [3.05, 3.63) is 29.3 Å². The minimum atomic E-state index is -0.0800. The standard InChI is InChI=1S/C19H29NO3/c1-15-9-10-16(2)18(13-15)23-14-19(21)20-11-6-12-22-17-7-4-3-5-8-17/h9-10,13,17H,3-8,11-12,14H2,1-2H3,(H,20,21). The van der Waals surface area contributed by atoms with E-state index >= 15 is 0 Å². The van der Waals surface area contributed by atoms with Crippen LogP contribution in [0.4, 0.5) is 0 Å². The van der Waals surface area contributed by atoms with E-state index in [2.05, 4.69) is 5.32 Å². The topological polar surface area (TPSA) is 47.6 Å². The van der Waals surface area contributed by atoms with Crippen molar-refractivity contribution in [3.8, 4) is 5.75 Å². The van der Waals surface area contributed by atoms with E-state index in [9.17, 15) is 4.79 Å². The molecule has 1 N–H and O–H groups in total. The Balaban J connectivity index is 1.55. The fourth-order valence-corrected chi connectivity index (χ4v) is 2.84. The van der Waals surface area contributed by atoms with Crippen LogP contribution in [-0.4, -0.2) is 31.8 Å². The SMILES string of the molecule is Cc1ccc(C)c(OCC(=O)NCCCOC2CCCCC2)c1. The molecule has 4 nitrogen and oxygen atoms in total. The predicted octanol–water partition coefficient (Wildman–Crippen LogP) is 3.54. The number of hydrogen-bond acceptors (Lipinski definition) is 3. The Hall–Kier alpha value is -1.55. The molecule has 1 fully saturated rings. The van der Waals surface area contributed by atoms with Crippen molar-refractivity contribution in [1.29, 1.82) is 0 Å². The van der Waals surface area contributed by atoms with Crippen molar-refractivity contribution < 1.29 is 14.3 Å². The monoisotopic (exact) mass is 319 g/mol. The van der Waals surface area contributed by atoms with Crippen molar-refractivity contribution in [2.24, 2.45) is 0 Å². The first-order valence-electron chi connectivity index (χ1n) is 8.73. The lowest BCUT2D eigenvalue weighted by molar-refractivity contribution is -0.123. The van der Waals surface area contributed by atoms with Gasteiger partial charge in [-0.15, -0.1) is 0 Å². The summed E-state index contributed by atoms with van der Waals surface area (Å²) in [6.07, 6.45) is 7.59. The Morgan fingerprint density at radius 1 is 1.22 bits per heavy atom. The van der Waals surface area contributed by atoms with Gasteiger partial charge in [-0.3, -0.25) is 4.79 Å². The molecule has 0 aliphatic heterocycles. The molecule has 0 heterocycles. The van der Waals surface area contributed by atoms with Crippen LogP contribution in [0.25, 0.3) is 0 Å². The van der Waals surface area contributed by atoms with Crippen LogP contribution in [0.15, 0.2) is 18.2 Å². The molecular formula is C19H29NO3. The fourth-order valence-electron chi connectivity index (χ4n) is 2.84. The maximum Gasteiger partial charge on any atom is 0.257 e. The minimum absolute atomic E-state index is 0.0633. The summed E-state index contributed by atoms with van der Waals surface area (Å²) in [5, 5.41) is 2.88. The number of rotatable bonds is 8. The zero-order valence-electron chi connectivity index (χ0n) is 14.4. The number of amides is 1. The average Bonchev–Trinajstić information content (AvgIpc) is 2.56. The van der Waals surface area contributed by atoms with Crippen molar-refractivity contribution in [2.75, 3.05) is 19.8 Å². The van der Waals surface area contributed by atoms with Gasteiger partial charge in [-0.2, -0.15) is 0 Å². The molecule has 1 aliphatic carbocycles. The van der Waals surface area contributed by atoms with Crippen LogP contribution >= 0.6 is 0 Å². The Morgan fingerprint density at radius 3 is 2.78 bits per heavy atom. The molecule has 0 atom stereocenters. The van der Waals surface area contributed by atoms with Gasteiger partial charge in [0.05, 0.1) is 6.10 Å². The quantitative estimate of drug-likeness (QED) is 0.746. The van der Waals surface area contributed by atoms with Crippen molar-refractivity contribution in [1.82, 2.24) is 5.32 Å². The van der Waals surface area contributed by atoms with Gasteiger partial charge in [0, 0.05) is 13.2 Å². The highest BCUT2D eigenvalue weighted by Gasteiger charge is 2.13. The molecule has 1 saturated carbocycles. The van der Waals surface area contributed by atoms with Gasteiger partial charge in [-0.1, -0.05) is 31.4 Å². The van der Waals surface area contributed by atoms with Gasteiger partial charge in [-0.05, 0) is 50.3 Å². The molecule has 1 amide bonds. The third-order valence-corrected chi connectivity index (χ3v) is 4.25. The van der Waals surface area contributed by atoms with Gasteiger partial charge in [-0.25, -0.2) is 0 Å². The average molecular weight is 319 g/mol. The second-order valence-corrected chi connectivity index (χ2v) is 6.39. The maximum atomic E-state index is 11.8. The van der Waals surface area contributed by atoms with Gasteiger partial charge in [0.15, 0.2) is 6.61 Å². The van der Waals surface area contributed by atoms with Gasteiger partial charge >= 0.3 is 0 Å². The van der Waals surface area contributed by atoms with Gasteiger partial charge < -0.3 is 14.8 Å². The minimum Gasteiger partial charge on any atom is -0.483 e. The molecule has 1 aliphatic rings. The predicted molar refractivity (Wildman–Crippen MR) is 91.9 cm³/mol. The summed E-state index contributed by atoms with van der Waals surface area (Å²) < 4.78 is 11.4. The molecule has 0 bridgehead atoms. The molecule has 0 aromatic heterocycles. The van der Waals surface area contributed by atoms with Crippen molar-refractivity contribution in [3.63, 3.8) is 0 Å². The van der Waals surface area contributed by atoms with Crippen LogP contribution in [0.5, 0.6) is 5.75 Å². The molecule has 128 valence electrons. The van der Waals surface area contributed by atoms with Crippen molar-refractivity contribution >= 4 is 5.91 Å². The maximum absolute atomic E-state index is 11.8. The Morgan fingerprint density at radius 2 is 2.00 bits per heavy atom. The number of benzene rings is 1. The molecular weight excluding hydrogens is 290 g/mol. The van der Waals surface area contributed by atoms with Crippen LogP contribution in [0.2, 0.25) is 0 Å². The first-order chi connectivity index (χ1) is 11.1. The molecule has 4 heteroatoms. The van der Waals surface area contributed by atoms with Gasteiger partial charge in [0.2, 0.25) is 0 Å². The number of carbonyl (C=O) groups excluding carboxylic acids is 1. The summed E-state index contributed by atoms with van der Waals surface area (Å²) in [5.41, 5.74) is 2.18. The largest absolute Gasteiger partial charge is 0.483 e. The lowest BCUT2D eigenvalue weighted by Crippen LogP contribution is -2.30. The van der Waals surface area contributed by atoms with Crippen LogP contribution in [0.3, 0.4) is 0 Å². The summed E-state index contributed by atoms with van der Waals surface area (Å²) in [5.74, 6) is 0.698. The normalized spacial score (nSPS) is 15.4. The highest BCUT2D eigenvalue weighted by molar-refractivity contribution is 5.77. The number of ether oxygens (including phenoxy) is 2. The van der Waals surface area contributed by atoms with E-state index in [0.717, 1.165) is 29.9 Å². The summed E-state index contributed by atoms with van der Waals surface area (Å²) in [6, 6.07) is 6.00.